The molecule has 0 saturated carbocycles. The number of fused-ring (bicyclic) bond motifs is 2. The normalized spacial score (nSPS) is 41.2. The van der Waals surface area contributed by atoms with Crippen LogP contribution in [0.5, 0.6) is 0 Å². The lowest BCUT2D eigenvalue weighted by Gasteiger charge is -2.35. The molecule has 2 unspecified atom stereocenters. The highest BCUT2D eigenvalue weighted by molar-refractivity contribution is 6.64. The molecule has 2 bridgehead atoms. The van der Waals surface area contributed by atoms with Gasteiger partial charge in [0.15, 0.2) is 0 Å². The smallest absolute Gasteiger partial charge is 0.293 e. The molecule has 2 atom stereocenters. The van der Waals surface area contributed by atoms with Gasteiger partial charge in [0.1, 0.15) is 0 Å². The predicted molar refractivity (Wildman–Crippen MR) is 46.4 cm³/mol. The number of hydrogen-bond donors (Lipinski definition) is 1. The standard InChI is InChI=1S/C8H13BNO2/c11-5-9-10-6-1-2-7(10)4-8(12)3-6/h5-8,12H,1-4H2. The van der Waals surface area contributed by atoms with Gasteiger partial charge in [-0.3, -0.25) is 0 Å². The summed E-state index contributed by atoms with van der Waals surface area (Å²) < 4.78 is 0. The lowest BCUT2D eigenvalue weighted by molar-refractivity contribution is 0.0768. The lowest BCUT2D eigenvalue weighted by Crippen LogP contribution is -2.47. The summed E-state index contributed by atoms with van der Waals surface area (Å²) in [5.41, 5.74) is 0. The van der Waals surface area contributed by atoms with Gasteiger partial charge < -0.3 is 14.7 Å². The van der Waals surface area contributed by atoms with Gasteiger partial charge in [-0.15, -0.1) is 0 Å². The number of hydrogen-bond acceptors (Lipinski definition) is 3. The van der Waals surface area contributed by atoms with E-state index in [1.54, 1.807) is 7.41 Å². The molecule has 0 aromatic heterocycles. The van der Waals surface area contributed by atoms with E-state index in [0.717, 1.165) is 31.9 Å². The first-order valence-electron chi connectivity index (χ1n) is 4.55. The number of nitrogens with zero attached hydrogens (tertiary/aromatic N) is 1. The molecule has 0 aromatic rings. The molecule has 0 aromatic carbocycles. The van der Waals surface area contributed by atoms with Gasteiger partial charge in [-0.2, -0.15) is 0 Å². The van der Waals surface area contributed by atoms with Gasteiger partial charge in [-0.1, -0.05) is 0 Å². The van der Waals surface area contributed by atoms with Gasteiger partial charge in [-0.05, 0) is 25.7 Å². The Hall–Kier alpha value is -0.345. The maximum absolute atomic E-state index is 10.3. The Labute approximate surface area is 73.0 Å². The maximum atomic E-state index is 10.3. The summed E-state index contributed by atoms with van der Waals surface area (Å²) in [5.74, 6) is 0. The highest BCUT2D eigenvalue weighted by Crippen LogP contribution is 2.34. The number of carbonyl (C=O) groups excluding carboxylic acids is 1. The minimum Gasteiger partial charge on any atom is -0.393 e. The van der Waals surface area contributed by atoms with E-state index in [4.69, 9.17) is 0 Å². The van der Waals surface area contributed by atoms with Crippen molar-refractivity contribution in [2.24, 2.45) is 0 Å². The van der Waals surface area contributed by atoms with E-state index in [1.807, 2.05) is 0 Å². The fourth-order valence-corrected chi connectivity index (χ4v) is 2.50. The quantitative estimate of drug-likeness (QED) is 0.455. The van der Waals surface area contributed by atoms with Gasteiger partial charge in [0.25, 0.3) is 7.41 Å². The van der Waals surface area contributed by atoms with Crippen LogP contribution in [-0.2, 0) is 4.79 Å². The minimum absolute atomic E-state index is 0.140. The highest BCUT2D eigenvalue weighted by atomic mass is 16.3. The number of carbonyl (C=O) groups is 1. The zero-order valence-electron chi connectivity index (χ0n) is 7.02. The molecule has 4 heteroatoms. The van der Waals surface area contributed by atoms with Crippen LogP contribution in [0, 0.1) is 0 Å². The van der Waals surface area contributed by atoms with Crippen molar-refractivity contribution in [3.05, 3.63) is 0 Å². The second-order valence-corrected chi connectivity index (χ2v) is 3.74. The fourth-order valence-electron chi connectivity index (χ4n) is 2.50. The van der Waals surface area contributed by atoms with Crippen LogP contribution in [0.15, 0.2) is 0 Å². The van der Waals surface area contributed by atoms with Crippen molar-refractivity contribution in [3.63, 3.8) is 0 Å². The number of rotatable bonds is 2. The molecule has 0 amide bonds. The third-order valence-corrected chi connectivity index (χ3v) is 3.00. The molecular formula is C8H13BNO2. The van der Waals surface area contributed by atoms with Gasteiger partial charge >= 0.3 is 0 Å². The second-order valence-electron chi connectivity index (χ2n) is 3.74. The Bertz CT molecular complexity index is 174. The summed E-state index contributed by atoms with van der Waals surface area (Å²) in [6, 6.07) is 0.841. The summed E-state index contributed by atoms with van der Waals surface area (Å²) in [6.07, 6.45) is 4.64. The summed E-state index contributed by atoms with van der Waals surface area (Å²) in [5, 5.41) is 9.45. The number of aliphatic hydroxyl groups excluding tert-OH is 1. The third-order valence-electron chi connectivity index (χ3n) is 3.00. The van der Waals surface area contributed by atoms with Gasteiger partial charge in [0.05, 0.1) is 12.3 Å². The first-order valence-corrected chi connectivity index (χ1v) is 4.55. The molecule has 2 fully saturated rings. The van der Waals surface area contributed by atoms with Crippen molar-refractivity contribution in [2.45, 2.75) is 43.9 Å². The van der Waals surface area contributed by atoms with Crippen molar-refractivity contribution in [1.29, 1.82) is 0 Å². The zero-order valence-corrected chi connectivity index (χ0v) is 7.02. The molecule has 1 N–H and O–H groups in total. The molecule has 0 aliphatic carbocycles. The average Bonchev–Trinajstić information content (AvgIpc) is 2.32. The van der Waals surface area contributed by atoms with E-state index in [-0.39, 0.29) is 6.10 Å². The van der Waals surface area contributed by atoms with Crippen LogP contribution in [0.1, 0.15) is 25.7 Å². The van der Waals surface area contributed by atoms with Crippen LogP contribution in [0.25, 0.3) is 0 Å². The van der Waals surface area contributed by atoms with E-state index in [2.05, 4.69) is 4.81 Å². The molecule has 0 spiro atoms. The van der Waals surface area contributed by atoms with Crippen molar-refractivity contribution in [1.82, 2.24) is 4.81 Å². The fraction of sp³-hybridized carbons (Fsp3) is 0.875. The Morgan fingerprint density at radius 2 is 1.92 bits per heavy atom. The van der Waals surface area contributed by atoms with Crippen LogP contribution >= 0.6 is 0 Å². The van der Waals surface area contributed by atoms with Gasteiger partial charge in [-0.25, -0.2) is 0 Å². The summed E-state index contributed by atoms with van der Waals surface area (Å²) in [7, 11) is 1.63. The summed E-state index contributed by atoms with van der Waals surface area (Å²) in [4.78, 5) is 12.4. The maximum Gasteiger partial charge on any atom is 0.293 e. The molecule has 2 rings (SSSR count). The molecule has 12 heavy (non-hydrogen) atoms. The Morgan fingerprint density at radius 1 is 1.33 bits per heavy atom. The average molecular weight is 166 g/mol. The van der Waals surface area contributed by atoms with Crippen LogP contribution in [0.3, 0.4) is 0 Å². The van der Waals surface area contributed by atoms with Gasteiger partial charge in [0.2, 0.25) is 0 Å². The monoisotopic (exact) mass is 166 g/mol. The second kappa shape index (κ2) is 3.19. The van der Waals surface area contributed by atoms with Crippen LogP contribution in [-0.4, -0.2) is 41.7 Å². The lowest BCUT2D eigenvalue weighted by atomic mass is 9.85. The van der Waals surface area contributed by atoms with Crippen molar-refractivity contribution < 1.29 is 9.90 Å². The largest absolute Gasteiger partial charge is 0.393 e. The topological polar surface area (TPSA) is 40.5 Å². The molecule has 2 aliphatic heterocycles. The van der Waals surface area contributed by atoms with Gasteiger partial charge in [0, 0.05) is 12.1 Å². The summed E-state index contributed by atoms with van der Waals surface area (Å²) in [6.45, 7) is 0. The van der Waals surface area contributed by atoms with Crippen LogP contribution in [0.4, 0.5) is 0 Å². The summed E-state index contributed by atoms with van der Waals surface area (Å²) >= 11 is 0. The van der Waals surface area contributed by atoms with Crippen LogP contribution < -0.4 is 0 Å². The van der Waals surface area contributed by atoms with E-state index < -0.39 is 0 Å². The Morgan fingerprint density at radius 3 is 2.42 bits per heavy atom. The van der Waals surface area contributed by atoms with Crippen molar-refractivity contribution >= 4 is 13.6 Å². The zero-order chi connectivity index (χ0) is 8.55. The molecular weight excluding hydrogens is 153 g/mol. The molecule has 65 valence electrons. The number of aliphatic hydroxyl groups is 1. The van der Waals surface area contributed by atoms with Crippen LogP contribution in [0.2, 0.25) is 0 Å². The first kappa shape index (κ1) is 8.26. The van der Waals surface area contributed by atoms with Crippen molar-refractivity contribution in [2.75, 3.05) is 0 Å². The number of piperidine rings is 1. The van der Waals surface area contributed by atoms with Crippen molar-refractivity contribution in [3.8, 4) is 0 Å². The molecule has 2 aliphatic rings. The third kappa shape index (κ3) is 1.29. The minimum atomic E-state index is -0.140. The molecule has 2 saturated heterocycles. The van der Waals surface area contributed by atoms with E-state index >= 15 is 0 Å². The van der Waals surface area contributed by atoms with E-state index in [9.17, 15) is 9.90 Å². The van der Waals surface area contributed by atoms with E-state index in [1.165, 1.54) is 0 Å². The molecule has 1 radical (unpaired) electrons. The first-order chi connectivity index (χ1) is 5.81. The Balaban J connectivity index is 2.03. The Kier molecular flexibility index (Phi) is 2.19. The SMILES string of the molecule is O=C[B]N1C2CCC1CC(O)C2. The molecule has 3 nitrogen and oxygen atoms in total. The highest BCUT2D eigenvalue weighted by Gasteiger charge is 2.39. The molecule has 2 heterocycles. The van der Waals surface area contributed by atoms with E-state index in [0.29, 0.717) is 12.1 Å². The predicted octanol–water partition coefficient (Wildman–Crippen LogP) is -0.217.